The molecule has 0 atom stereocenters. The Kier molecular flexibility index (Phi) is 33.8. The number of halogens is 1. The molecule has 1 aromatic heterocycles. The first kappa shape index (κ1) is 88.5. The molecule has 0 N–H and O–H groups in total. The molecule has 0 aliphatic rings. The summed E-state index contributed by atoms with van der Waals surface area (Å²) >= 11 is 0. The molecule has 0 aliphatic carbocycles. The van der Waals surface area contributed by atoms with E-state index in [1.165, 1.54) is 45.5 Å². The van der Waals surface area contributed by atoms with E-state index in [0.29, 0.717) is 33.4 Å². The smallest absolute Gasteiger partial charge is 0.361 e. The van der Waals surface area contributed by atoms with E-state index in [0.717, 1.165) is 68.6 Å². The number of aryl methyl sites for hydroxylation is 1. The standard InChI is InChI=1S/C41H29O.C40H34O4.C8H6O2.C8H8O.C7H8O3S.CH4.HI.H2/c1-5-13-30(14-6-1)36-25-37(31-15-7-2-8-16-31)27-38(26-36)32-21-23-33(24-22-32)39-28-40(34-17-9-3-10-18-34)42-41(29-39)35-19-11-4-12-20-35;41-37(31-13-5-1-6-14-31)25-35(26-38(42)32-15-7-2-8-16-32)29-21-23-30(24-22-29)36(27-39(43)33-17-9-3-10-18-33)28-40(44)34-19-11-4-12-20-34;9-5-7-1-2-8(6-10)4-3-7;1-7(9)8-5-3-2-4-6-8;1-6-2-4-7(5-3-6)11(8,9)10;;;/h1-29H;1-24,35-36H,25-28H2;1-6H;2-6H,1H3;2-5H,1H3,(H,8,9,10);1H4;2*1H/q+1;;;;;;;/p-1/i;;;;;;;1+1. The van der Waals surface area contributed by atoms with Crippen LogP contribution in [0.1, 0.15) is 142 Å². The Morgan fingerprint density at radius 2 is 0.551 bits per heavy atom. The summed E-state index contributed by atoms with van der Waals surface area (Å²) in [6.45, 7) is 3.39. The lowest BCUT2D eigenvalue weighted by atomic mass is 9.83. The Labute approximate surface area is 709 Å². The largest absolute Gasteiger partial charge is 0.744 e. The van der Waals surface area contributed by atoms with Gasteiger partial charge >= 0.3 is 11.5 Å². The molecular weight excluding hydrogens is 1600 g/mol. The fourth-order valence-corrected chi connectivity index (χ4v) is 13.4. The third-order valence-electron chi connectivity index (χ3n) is 19.3. The van der Waals surface area contributed by atoms with Gasteiger partial charge in [-0.15, -0.1) is 24.0 Å². The van der Waals surface area contributed by atoms with Crippen molar-refractivity contribution in [2.75, 3.05) is 0 Å². The maximum Gasteiger partial charge on any atom is 0.361 e. The summed E-state index contributed by atoms with van der Waals surface area (Å²) in [4.78, 5) is 83.7. The van der Waals surface area contributed by atoms with E-state index in [9.17, 15) is 46.5 Å². The minimum atomic E-state index is -4.27. The summed E-state index contributed by atoms with van der Waals surface area (Å²) in [5.74, 6) is 1.04. The molecule has 0 spiro atoms. The molecule has 0 radical (unpaired) electrons. The number of hydrogen-bond acceptors (Lipinski definition) is 10. The summed E-state index contributed by atoms with van der Waals surface area (Å²) < 4.78 is 37.6. The Bertz CT molecular complexity index is 5310. The maximum atomic E-state index is 13.2. The van der Waals surface area contributed by atoms with Gasteiger partial charge in [-0.1, -0.05) is 347 Å². The van der Waals surface area contributed by atoms with Gasteiger partial charge in [-0.3, -0.25) is 33.6 Å². The van der Waals surface area contributed by atoms with Gasteiger partial charge in [0.15, 0.2) is 28.9 Å². The van der Waals surface area contributed by atoms with E-state index in [1.54, 1.807) is 91.9 Å². The van der Waals surface area contributed by atoms with Crippen LogP contribution >= 0.6 is 24.0 Å². The number of hydrogen-bond donors (Lipinski definition) is 0. The van der Waals surface area contributed by atoms with E-state index < -0.39 is 10.1 Å². The third kappa shape index (κ3) is 26.3. The van der Waals surface area contributed by atoms with Crippen LogP contribution in [-0.4, -0.2) is 54.5 Å². The zero-order valence-corrected chi connectivity index (χ0v) is 67.7. The molecule has 0 fully saturated rings. The molecule has 15 aromatic rings. The molecule has 118 heavy (non-hydrogen) atoms. The Balaban J connectivity index is 0.000000215. The normalized spacial score (nSPS) is 10.4. The summed E-state index contributed by atoms with van der Waals surface area (Å²) in [6.07, 6.45) is 2.23. The predicted molar refractivity (Wildman–Crippen MR) is 486 cm³/mol. The number of rotatable bonds is 24. The average molecular weight is 1690 g/mol. The number of benzene rings is 14. The van der Waals surface area contributed by atoms with Crippen molar-refractivity contribution in [2.45, 2.75) is 63.7 Å². The number of carbonyl (C=O) groups excluding carboxylic acids is 7. The molecular formula is C105H91IO11S. The maximum absolute atomic E-state index is 13.2. The molecule has 1 heterocycles. The fraction of sp³-hybridized carbons (Fsp3) is 0.0857. The molecule has 0 aliphatic heterocycles. The highest BCUT2D eigenvalue weighted by molar-refractivity contribution is 14.0. The molecule has 0 unspecified atom stereocenters. The van der Waals surface area contributed by atoms with Crippen molar-refractivity contribution in [1.29, 1.82) is 0 Å². The van der Waals surface area contributed by atoms with E-state index in [2.05, 4.69) is 140 Å². The van der Waals surface area contributed by atoms with Gasteiger partial charge in [0.25, 0.3) is 0 Å². The highest BCUT2D eigenvalue weighted by atomic mass is 127. The quantitative estimate of drug-likeness (QED) is 0.0184. The van der Waals surface area contributed by atoms with Crippen molar-refractivity contribution in [1.82, 2.24) is 0 Å². The van der Waals surface area contributed by atoms with Crippen LogP contribution in [0.3, 0.4) is 0 Å². The molecule has 14 aromatic carbocycles. The van der Waals surface area contributed by atoms with Gasteiger partial charge in [-0.25, -0.2) is 12.8 Å². The van der Waals surface area contributed by atoms with Crippen LogP contribution in [0.15, 0.2) is 410 Å². The number of Topliss-reactive ketones (excluding diaryl/α,β-unsaturated/α-hetero) is 5. The van der Waals surface area contributed by atoms with Crippen molar-refractivity contribution < 1.29 is 52.4 Å². The van der Waals surface area contributed by atoms with Crippen molar-refractivity contribution in [3.05, 3.63) is 456 Å². The van der Waals surface area contributed by atoms with Gasteiger partial charge in [0, 0.05) is 71.6 Å². The monoisotopic (exact) mass is 1690 g/mol. The molecule has 590 valence electrons. The van der Waals surface area contributed by atoms with E-state index in [-0.39, 0.29) is 104 Å². The summed E-state index contributed by atoms with van der Waals surface area (Å²) in [6, 6.07) is 127. The van der Waals surface area contributed by atoms with Crippen LogP contribution in [0.5, 0.6) is 0 Å². The van der Waals surface area contributed by atoms with Crippen molar-refractivity contribution in [3.8, 4) is 67.2 Å². The highest BCUT2D eigenvalue weighted by Crippen LogP contribution is 2.38. The van der Waals surface area contributed by atoms with Gasteiger partial charge < -0.3 is 4.55 Å². The molecule has 13 heteroatoms. The summed E-state index contributed by atoms with van der Waals surface area (Å²) in [5.41, 5.74) is 18.6. The average Bonchev–Trinajstić information content (AvgIpc) is 0.794. The van der Waals surface area contributed by atoms with Crippen LogP contribution in [0.2, 0.25) is 0 Å². The van der Waals surface area contributed by atoms with Gasteiger partial charge in [0.2, 0.25) is 0 Å². The van der Waals surface area contributed by atoms with Crippen LogP contribution in [0.25, 0.3) is 67.2 Å². The lowest BCUT2D eigenvalue weighted by molar-refractivity contribution is 0.0927. The zero-order valence-electron chi connectivity index (χ0n) is 64.6. The minimum absolute atomic E-state index is 0. The van der Waals surface area contributed by atoms with Crippen molar-refractivity contribution >= 4 is 75.6 Å². The predicted octanol–water partition coefficient (Wildman–Crippen LogP) is 26.1. The number of aldehydes is 2. The zero-order chi connectivity index (χ0) is 81.4. The van der Waals surface area contributed by atoms with Gasteiger partial charge in [-0.2, -0.15) is 0 Å². The lowest BCUT2D eigenvalue weighted by Gasteiger charge is -2.20. The first-order chi connectivity index (χ1) is 56.4. The van der Waals surface area contributed by atoms with Gasteiger partial charge in [0.05, 0.1) is 28.2 Å². The number of carbonyl (C=O) groups is 7. The second kappa shape index (κ2) is 45.0. The van der Waals surface area contributed by atoms with E-state index in [4.69, 9.17) is 4.42 Å². The first-order valence-corrected chi connectivity index (χ1v) is 39.3. The van der Waals surface area contributed by atoms with Crippen molar-refractivity contribution in [2.24, 2.45) is 0 Å². The van der Waals surface area contributed by atoms with Crippen LogP contribution in [0.4, 0.5) is 0 Å². The molecule has 15 rings (SSSR count). The minimum Gasteiger partial charge on any atom is -0.744 e. The van der Waals surface area contributed by atoms with E-state index >= 15 is 0 Å². The fourth-order valence-electron chi connectivity index (χ4n) is 13.0. The topological polar surface area (TPSA) is 188 Å². The Morgan fingerprint density at radius 3 is 0.797 bits per heavy atom. The van der Waals surface area contributed by atoms with E-state index in [1.807, 2.05) is 171 Å². The third-order valence-corrected chi connectivity index (χ3v) is 20.1. The molecule has 0 amide bonds. The number of ketones is 5. The summed E-state index contributed by atoms with van der Waals surface area (Å²) in [5, 5.41) is 0. The van der Waals surface area contributed by atoms with Gasteiger partial charge in [-0.05, 0) is 130 Å². The molecule has 0 saturated heterocycles. The molecule has 11 nitrogen and oxygen atoms in total. The summed E-state index contributed by atoms with van der Waals surface area (Å²) in [7, 11) is -4.27. The van der Waals surface area contributed by atoms with Crippen molar-refractivity contribution in [3.63, 3.8) is 0 Å². The second-order valence-electron chi connectivity index (χ2n) is 27.5. The second-order valence-corrected chi connectivity index (χ2v) is 28.9. The lowest BCUT2D eigenvalue weighted by Crippen LogP contribution is -2.14. The SMILES string of the molecule is C.CC(=O)c1ccccc1.Cc1ccc(S(=O)(=O)[O-])cc1.I.O=C(CC(CC(=O)c1ccccc1)c1ccc(C(CC(=O)c2ccccc2)CC(=O)c2ccccc2)cc1)c1ccccc1.O=Cc1ccc(C=O)cc1.[2HH].c1ccc(-c2cc(-c3ccccc3)cc(-c3ccc(-c4cc(-c5ccccc5)[o+]c(-c5ccccc5)c4)cc3)c2)cc1. The van der Waals surface area contributed by atoms with Crippen LogP contribution < -0.4 is 0 Å². The highest BCUT2D eigenvalue weighted by Gasteiger charge is 2.26. The van der Waals surface area contributed by atoms with Gasteiger partial charge in [0.1, 0.15) is 22.7 Å². The Morgan fingerprint density at radius 1 is 0.314 bits per heavy atom. The first-order valence-electron chi connectivity index (χ1n) is 37.9. The molecule has 0 bridgehead atoms. The molecule has 0 saturated carbocycles. The van der Waals surface area contributed by atoms with Crippen LogP contribution in [0, 0.1) is 6.92 Å². The van der Waals surface area contributed by atoms with Crippen LogP contribution in [-0.2, 0) is 10.1 Å². The Hall–Kier alpha value is -13.4.